The third-order valence-electron chi connectivity index (χ3n) is 2.16. The van der Waals surface area contributed by atoms with Crippen LogP contribution >= 0.6 is 0 Å². The third kappa shape index (κ3) is 1.63. The summed E-state index contributed by atoms with van der Waals surface area (Å²) in [5.41, 5.74) is 0.205. The van der Waals surface area contributed by atoms with Crippen molar-refractivity contribution in [2.75, 3.05) is 0 Å². The number of rotatable bonds is 1. The van der Waals surface area contributed by atoms with Crippen LogP contribution < -0.4 is 0 Å². The largest absolute Gasteiger partial charge is 0.295 e. The van der Waals surface area contributed by atoms with Crippen LogP contribution in [0.3, 0.4) is 0 Å². The third-order valence-corrected chi connectivity index (χ3v) is 2.16. The highest BCUT2D eigenvalue weighted by atomic mass is 19.1. The maximum Gasteiger partial charge on any atom is 0.155 e. The molecule has 0 atom stereocenters. The average Bonchev–Trinajstić information content (AvgIpc) is 1.94. The first kappa shape index (κ1) is 9.17. The van der Waals surface area contributed by atoms with Gasteiger partial charge in [0.2, 0.25) is 0 Å². The Morgan fingerprint density at radius 3 is 2.50 bits per heavy atom. The number of hydrogen-bond donors (Lipinski definition) is 0. The van der Waals surface area contributed by atoms with Crippen molar-refractivity contribution in [2.45, 2.75) is 27.2 Å². The van der Waals surface area contributed by atoms with Crippen LogP contribution in [-0.2, 0) is 4.79 Å². The van der Waals surface area contributed by atoms with Crippen molar-refractivity contribution >= 4 is 5.78 Å². The van der Waals surface area contributed by atoms with Gasteiger partial charge in [-0.2, -0.15) is 0 Å². The standard InChI is InChI=1S/C10H13FO/c1-7(12)8-4-5-9(11)10(2,3)6-8/h4-5H,6H2,1-3H3. The van der Waals surface area contributed by atoms with Crippen molar-refractivity contribution in [3.8, 4) is 0 Å². The molecule has 12 heavy (non-hydrogen) atoms. The molecule has 0 spiro atoms. The highest BCUT2D eigenvalue weighted by Crippen LogP contribution is 2.37. The first-order valence-electron chi connectivity index (χ1n) is 4.01. The van der Waals surface area contributed by atoms with Crippen molar-refractivity contribution in [1.82, 2.24) is 0 Å². The molecule has 0 bridgehead atoms. The minimum absolute atomic E-state index is 0.0341. The monoisotopic (exact) mass is 168 g/mol. The minimum atomic E-state index is -0.504. The molecule has 0 radical (unpaired) electrons. The number of Topliss-reactive ketones (excluding diaryl/α,β-unsaturated/α-hetero) is 1. The molecule has 0 fully saturated rings. The smallest absolute Gasteiger partial charge is 0.155 e. The van der Waals surface area contributed by atoms with Crippen molar-refractivity contribution in [3.05, 3.63) is 23.6 Å². The summed E-state index contributed by atoms with van der Waals surface area (Å²) in [5, 5.41) is 0. The summed E-state index contributed by atoms with van der Waals surface area (Å²) in [7, 11) is 0. The zero-order chi connectivity index (χ0) is 9.35. The van der Waals surface area contributed by atoms with E-state index in [4.69, 9.17) is 0 Å². The fraction of sp³-hybridized carbons (Fsp3) is 0.500. The number of carbonyl (C=O) groups excluding carboxylic acids is 1. The predicted octanol–water partition coefficient (Wildman–Crippen LogP) is 2.79. The fourth-order valence-electron chi connectivity index (χ4n) is 1.26. The molecule has 0 aromatic rings. The summed E-state index contributed by atoms with van der Waals surface area (Å²) in [6.07, 6.45) is 3.47. The Kier molecular flexibility index (Phi) is 2.18. The molecule has 0 aromatic carbocycles. The van der Waals surface area contributed by atoms with Gasteiger partial charge in [0.15, 0.2) is 5.78 Å². The topological polar surface area (TPSA) is 17.1 Å². The zero-order valence-electron chi connectivity index (χ0n) is 7.65. The van der Waals surface area contributed by atoms with E-state index in [0.717, 1.165) is 0 Å². The Labute approximate surface area is 72.0 Å². The lowest BCUT2D eigenvalue weighted by molar-refractivity contribution is -0.114. The Morgan fingerprint density at radius 2 is 2.08 bits per heavy atom. The average molecular weight is 168 g/mol. The van der Waals surface area contributed by atoms with Crippen LogP contribution in [0.4, 0.5) is 4.39 Å². The zero-order valence-corrected chi connectivity index (χ0v) is 7.65. The number of halogens is 1. The van der Waals surface area contributed by atoms with Crippen LogP contribution in [-0.4, -0.2) is 5.78 Å². The van der Waals surface area contributed by atoms with E-state index in [1.807, 2.05) is 0 Å². The van der Waals surface area contributed by atoms with E-state index in [2.05, 4.69) is 0 Å². The summed E-state index contributed by atoms with van der Waals surface area (Å²) in [6, 6.07) is 0. The molecular weight excluding hydrogens is 155 g/mol. The Hall–Kier alpha value is -0.920. The molecule has 2 heteroatoms. The molecule has 0 saturated heterocycles. The predicted molar refractivity (Wildman–Crippen MR) is 46.4 cm³/mol. The van der Waals surface area contributed by atoms with Gasteiger partial charge in [0.05, 0.1) is 0 Å². The van der Waals surface area contributed by atoms with E-state index in [0.29, 0.717) is 12.0 Å². The molecule has 0 saturated carbocycles. The van der Waals surface area contributed by atoms with Gasteiger partial charge in [-0.15, -0.1) is 0 Å². The Bertz CT molecular complexity index is 272. The molecule has 66 valence electrons. The van der Waals surface area contributed by atoms with Gasteiger partial charge in [-0.25, -0.2) is 4.39 Å². The van der Waals surface area contributed by atoms with Crippen LogP contribution in [0.25, 0.3) is 0 Å². The van der Waals surface area contributed by atoms with Gasteiger partial charge < -0.3 is 0 Å². The molecule has 0 N–H and O–H groups in total. The van der Waals surface area contributed by atoms with Gasteiger partial charge in [-0.3, -0.25) is 4.79 Å². The highest BCUT2D eigenvalue weighted by molar-refractivity contribution is 5.94. The van der Waals surface area contributed by atoms with Crippen LogP contribution in [0.5, 0.6) is 0 Å². The first-order valence-corrected chi connectivity index (χ1v) is 4.01. The van der Waals surface area contributed by atoms with Crippen molar-refractivity contribution < 1.29 is 9.18 Å². The quantitative estimate of drug-likeness (QED) is 0.588. The van der Waals surface area contributed by atoms with E-state index in [1.165, 1.54) is 13.0 Å². The van der Waals surface area contributed by atoms with E-state index in [-0.39, 0.29) is 11.6 Å². The van der Waals surface area contributed by atoms with Gasteiger partial charge in [-0.05, 0) is 25.0 Å². The Balaban J connectivity index is 2.95. The summed E-state index contributed by atoms with van der Waals surface area (Å²) >= 11 is 0. The second-order valence-electron chi connectivity index (χ2n) is 3.82. The molecule has 1 aliphatic rings. The second kappa shape index (κ2) is 2.85. The van der Waals surface area contributed by atoms with Gasteiger partial charge in [0.25, 0.3) is 0 Å². The molecule has 1 nitrogen and oxygen atoms in total. The molecule has 1 aliphatic carbocycles. The van der Waals surface area contributed by atoms with Crippen molar-refractivity contribution in [3.63, 3.8) is 0 Å². The van der Waals surface area contributed by atoms with E-state index >= 15 is 0 Å². The lowest BCUT2D eigenvalue weighted by atomic mass is 9.80. The molecule has 0 heterocycles. The second-order valence-corrected chi connectivity index (χ2v) is 3.82. The van der Waals surface area contributed by atoms with Gasteiger partial charge in [0.1, 0.15) is 5.83 Å². The Morgan fingerprint density at radius 1 is 1.50 bits per heavy atom. The maximum atomic E-state index is 13.1. The first-order chi connectivity index (χ1) is 5.43. The lowest BCUT2D eigenvalue weighted by Gasteiger charge is -2.26. The van der Waals surface area contributed by atoms with Crippen LogP contribution in [0.15, 0.2) is 23.6 Å². The summed E-state index contributed by atoms with van der Waals surface area (Å²) < 4.78 is 13.1. The lowest BCUT2D eigenvalue weighted by Crippen LogP contribution is -2.18. The van der Waals surface area contributed by atoms with Gasteiger partial charge in [-0.1, -0.05) is 19.9 Å². The SMILES string of the molecule is CC(=O)C1=CC=C(F)C(C)(C)C1. The molecule has 1 rings (SSSR count). The highest BCUT2D eigenvalue weighted by Gasteiger charge is 2.28. The maximum absolute atomic E-state index is 13.1. The van der Waals surface area contributed by atoms with Crippen LogP contribution in [0.1, 0.15) is 27.2 Å². The van der Waals surface area contributed by atoms with Gasteiger partial charge in [0, 0.05) is 5.41 Å². The molecular formula is C10H13FO. The molecule has 0 amide bonds. The number of ketones is 1. The molecule has 0 aliphatic heterocycles. The van der Waals surface area contributed by atoms with E-state index in [9.17, 15) is 9.18 Å². The van der Waals surface area contributed by atoms with Crippen LogP contribution in [0, 0.1) is 5.41 Å². The molecule has 0 unspecified atom stereocenters. The molecule has 0 aromatic heterocycles. The van der Waals surface area contributed by atoms with Crippen LogP contribution in [0.2, 0.25) is 0 Å². The van der Waals surface area contributed by atoms with Crippen molar-refractivity contribution in [1.29, 1.82) is 0 Å². The number of carbonyl (C=O) groups is 1. The fourth-order valence-corrected chi connectivity index (χ4v) is 1.26. The van der Waals surface area contributed by atoms with Gasteiger partial charge >= 0.3 is 0 Å². The number of hydrogen-bond acceptors (Lipinski definition) is 1. The summed E-state index contributed by atoms with van der Waals surface area (Å²) in [5.74, 6) is -0.112. The van der Waals surface area contributed by atoms with E-state index < -0.39 is 5.41 Å². The summed E-state index contributed by atoms with van der Waals surface area (Å²) in [6.45, 7) is 5.11. The van der Waals surface area contributed by atoms with E-state index in [1.54, 1.807) is 19.9 Å². The normalized spacial score (nSPS) is 21.3. The van der Waals surface area contributed by atoms with Crippen molar-refractivity contribution in [2.24, 2.45) is 5.41 Å². The minimum Gasteiger partial charge on any atom is -0.295 e. The summed E-state index contributed by atoms with van der Waals surface area (Å²) in [4.78, 5) is 11.0. The number of allylic oxidation sites excluding steroid dienone is 4.